The first-order chi connectivity index (χ1) is 23.9. The van der Waals surface area contributed by atoms with E-state index in [1.165, 1.54) is 43.6 Å². The summed E-state index contributed by atoms with van der Waals surface area (Å²) in [6, 6.07) is 10.9. The topological polar surface area (TPSA) is 200 Å². The molecule has 2 bridgehead atoms. The Bertz CT molecular complexity index is 1690. The fraction of sp³-hybridized carbons (Fsp3) is 0.528. The van der Waals surface area contributed by atoms with Crippen molar-refractivity contribution in [1.82, 2.24) is 4.98 Å². The maximum absolute atomic E-state index is 13.9. The predicted octanol–water partition coefficient (Wildman–Crippen LogP) is 2.51. The molecule has 2 aromatic rings. The number of esters is 6. The van der Waals surface area contributed by atoms with Gasteiger partial charge in [0.05, 0.1) is 16.7 Å². The quantitative estimate of drug-likeness (QED) is 0.294. The highest BCUT2D eigenvalue weighted by molar-refractivity contribution is 5.90. The number of rotatable bonds is 9. The van der Waals surface area contributed by atoms with E-state index in [9.17, 15) is 33.9 Å². The van der Waals surface area contributed by atoms with Gasteiger partial charge in [-0.3, -0.25) is 24.2 Å². The Hall–Kier alpha value is -4.89. The molecule has 0 radical (unpaired) electrons. The second kappa shape index (κ2) is 13.7. The number of aromatic nitrogens is 1. The second-order valence-electron chi connectivity index (χ2n) is 13.7. The highest BCUT2D eigenvalue weighted by Gasteiger charge is 2.89. The average Bonchev–Trinajstić information content (AvgIpc) is 3.23. The summed E-state index contributed by atoms with van der Waals surface area (Å²) in [6.45, 7) is 7.99. The van der Waals surface area contributed by atoms with Crippen molar-refractivity contribution < 1.29 is 67.0 Å². The molecule has 1 aliphatic heterocycles. The zero-order valence-corrected chi connectivity index (χ0v) is 29.3. The van der Waals surface area contributed by atoms with E-state index >= 15 is 0 Å². The minimum atomic E-state index is -2.54. The molecule has 1 spiro atoms. The lowest BCUT2D eigenvalue weighted by atomic mass is 9.45. The number of ether oxygens (including phenoxy) is 7. The van der Waals surface area contributed by atoms with E-state index in [2.05, 4.69) is 4.98 Å². The lowest BCUT2D eigenvalue weighted by Gasteiger charge is -2.67. The van der Waals surface area contributed by atoms with Gasteiger partial charge in [0.15, 0.2) is 23.9 Å². The summed E-state index contributed by atoms with van der Waals surface area (Å²) in [4.78, 5) is 82.8. The fourth-order valence-corrected chi connectivity index (χ4v) is 8.17. The zero-order chi connectivity index (χ0) is 37.5. The van der Waals surface area contributed by atoms with Crippen molar-refractivity contribution in [2.75, 3.05) is 6.61 Å². The van der Waals surface area contributed by atoms with Crippen LogP contribution in [0.2, 0.25) is 0 Å². The molecule has 3 fully saturated rings. The third-order valence-electron chi connectivity index (χ3n) is 10.0. The molecule has 5 rings (SSSR count). The minimum absolute atomic E-state index is 0.0280. The van der Waals surface area contributed by atoms with E-state index in [-0.39, 0.29) is 17.5 Å². The Morgan fingerprint density at radius 3 is 1.90 bits per heavy atom. The molecule has 9 atom stereocenters. The minimum Gasteiger partial charge on any atom is -0.465 e. The van der Waals surface area contributed by atoms with Gasteiger partial charge in [-0.05, 0) is 51.5 Å². The highest BCUT2D eigenvalue weighted by atomic mass is 16.7. The van der Waals surface area contributed by atoms with Gasteiger partial charge in [-0.1, -0.05) is 18.2 Å². The first kappa shape index (κ1) is 37.4. The van der Waals surface area contributed by atoms with Crippen molar-refractivity contribution in [1.29, 1.82) is 0 Å². The molecular formula is C36H41NO14. The van der Waals surface area contributed by atoms with Gasteiger partial charge in [0, 0.05) is 46.0 Å². The summed E-state index contributed by atoms with van der Waals surface area (Å²) in [5.74, 6) is -6.21. The Morgan fingerprint density at radius 1 is 0.745 bits per heavy atom. The number of carbonyl (C=O) groups excluding carboxylic acids is 6. The summed E-state index contributed by atoms with van der Waals surface area (Å²) < 4.78 is 42.4. The molecule has 51 heavy (non-hydrogen) atoms. The third kappa shape index (κ3) is 6.33. The molecule has 2 saturated carbocycles. The molecular weight excluding hydrogens is 670 g/mol. The largest absolute Gasteiger partial charge is 0.465 e. The summed E-state index contributed by atoms with van der Waals surface area (Å²) >= 11 is 0. The van der Waals surface area contributed by atoms with Crippen molar-refractivity contribution in [3.63, 3.8) is 0 Å². The molecule has 1 saturated heterocycles. The summed E-state index contributed by atoms with van der Waals surface area (Å²) in [5.41, 5.74) is -8.30. The highest BCUT2D eigenvalue weighted by Crippen LogP contribution is 2.69. The van der Waals surface area contributed by atoms with Crippen LogP contribution in [-0.2, 0) is 52.3 Å². The molecule has 0 unspecified atom stereocenters. The monoisotopic (exact) mass is 711 g/mol. The van der Waals surface area contributed by atoms with Gasteiger partial charge in [0.1, 0.15) is 29.8 Å². The van der Waals surface area contributed by atoms with Gasteiger partial charge in [-0.15, -0.1) is 0 Å². The molecule has 2 aliphatic carbocycles. The normalized spacial score (nSPS) is 33.1. The number of aliphatic hydroxyl groups is 1. The Morgan fingerprint density at radius 2 is 1.33 bits per heavy atom. The van der Waals surface area contributed by atoms with Crippen LogP contribution in [0.15, 0.2) is 54.9 Å². The summed E-state index contributed by atoms with van der Waals surface area (Å²) in [5, 5.41) is 13.1. The van der Waals surface area contributed by atoms with E-state index in [4.69, 9.17) is 33.2 Å². The van der Waals surface area contributed by atoms with Crippen LogP contribution >= 0.6 is 0 Å². The van der Waals surface area contributed by atoms with Gasteiger partial charge in [0.2, 0.25) is 0 Å². The Balaban J connectivity index is 1.87. The lowest BCUT2D eigenvalue weighted by Crippen LogP contribution is -2.87. The zero-order valence-electron chi connectivity index (χ0n) is 29.3. The van der Waals surface area contributed by atoms with Crippen LogP contribution in [0.25, 0.3) is 0 Å². The predicted molar refractivity (Wildman–Crippen MR) is 171 cm³/mol. The average molecular weight is 712 g/mol. The number of hydrogen-bond donors (Lipinski definition) is 1. The fourth-order valence-electron chi connectivity index (χ4n) is 8.17. The molecule has 0 amide bonds. The maximum Gasteiger partial charge on any atom is 0.340 e. The number of benzene rings is 1. The van der Waals surface area contributed by atoms with Crippen molar-refractivity contribution in [2.45, 2.75) is 102 Å². The Kier molecular flexibility index (Phi) is 10.0. The van der Waals surface area contributed by atoms with Gasteiger partial charge in [0.25, 0.3) is 0 Å². The summed E-state index contributed by atoms with van der Waals surface area (Å²) in [7, 11) is 0. The molecule has 274 valence electrons. The van der Waals surface area contributed by atoms with E-state index < -0.39 is 101 Å². The first-order valence-corrected chi connectivity index (χ1v) is 16.3. The third-order valence-corrected chi connectivity index (χ3v) is 10.0. The first-order valence-electron chi connectivity index (χ1n) is 16.3. The van der Waals surface area contributed by atoms with Gasteiger partial charge in [-0.25, -0.2) is 9.59 Å². The van der Waals surface area contributed by atoms with Crippen LogP contribution in [0, 0.1) is 11.3 Å². The number of nitrogens with zero attached hydrogens (tertiary/aromatic N) is 1. The van der Waals surface area contributed by atoms with E-state index in [0.717, 1.165) is 27.7 Å². The standard InChI is InChI=1S/C36H41NO14/c1-19(38)45-18-35-26(49-32(43)24-14-11-15-37-17-24)16-25-28(50-31(42)23-12-9-8-10-13-23)36(35,51-33(25,5)6)34(7,44)29(47-21(3)40)27(46-20(2)39)30(35)48-22(4)41/h8-15,17,25-30,44H,16,18H2,1-7H3/t25-,26-,27+,28+,29+,30+,34-,35+,36+/m0/s1. The van der Waals surface area contributed by atoms with Crippen LogP contribution in [0.5, 0.6) is 0 Å². The van der Waals surface area contributed by atoms with Crippen LogP contribution < -0.4 is 0 Å². The van der Waals surface area contributed by atoms with Gasteiger partial charge in [-0.2, -0.15) is 0 Å². The number of fused-ring (bicyclic) bond motifs is 1. The maximum atomic E-state index is 13.9. The van der Waals surface area contributed by atoms with Crippen molar-refractivity contribution >= 4 is 35.8 Å². The molecule has 1 aromatic carbocycles. The molecule has 1 aromatic heterocycles. The molecule has 15 heteroatoms. The second-order valence-corrected chi connectivity index (χ2v) is 13.7. The SMILES string of the molecule is CC(=O)OC[C@]12[C@@H](OC(=O)c3cccnc3)C[C@H]3[C@@H](OC(=O)c4ccccc4)[C@@]1(OC3(C)C)[C@@](C)(O)[C@H](OC(C)=O)[C@@H](OC(C)=O)[C@H]2OC(C)=O. The van der Waals surface area contributed by atoms with Crippen LogP contribution in [0.3, 0.4) is 0 Å². The van der Waals surface area contributed by atoms with Crippen molar-refractivity contribution in [3.05, 3.63) is 66.0 Å². The summed E-state index contributed by atoms with van der Waals surface area (Å²) in [6.07, 6.45) is -5.91. The molecule has 3 aliphatic rings. The van der Waals surface area contributed by atoms with Crippen LogP contribution in [-0.4, -0.2) is 99.8 Å². The van der Waals surface area contributed by atoms with Crippen molar-refractivity contribution in [2.24, 2.45) is 11.3 Å². The van der Waals surface area contributed by atoms with Crippen molar-refractivity contribution in [3.8, 4) is 0 Å². The number of carbonyl (C=O) groups is 6. The Labute approximate surface area is 293 Å². The lowest BCUT2D eigenvalue weighted by molar-refractivity contribution is -0.378. The van der Waals surface area contributed by atoms with Crippen LogP contribution in [0.1, 0.15) is 75.6 Å². The molecule has 1 N–H and O–H groups in total. The van der Waals surface area contributed by atoms with Crippen LogP contribution in [0.4, 0.5) is 0 Å². The van der Waals surface area contributed by atoms with E-state index in [1.54, 1.807) is 32.0 Å². The van der Waals surface area contributed by atoms with E-state index in [0.29, 0.717) is 0 Å². The van der Waals surface area contributed by atoms with Gasteiger partial charge < -0.3 is 38.3 Å². The molecule has 15 nitrogen and oxygen atoms in total. The smallest absolute Gasteiger partial charge is 0.340 e. The van der Waals surface area contributed by atoms with Gasteiger partial charge >= 0.3 is 35.8 Å². The molecule has 2 heterocycles. The number of hydrogen-bond acceptors (Lipinski definition) is 15. The van der Waals surface area contributed by atoms with E-state index in [1.807, 2.05) is 0 Å². The number of pyridine rings is 1.